The monoisotopic (exact) mass is 497 g/mol. The highest BCUT2D eigenvalue weighted by atomic mass is 35.5. The molecule has 2 atom stereocenters. The molecule has 0 radical (unpaired) electrons. The molecule has 4 rings (SSSR count). The van der Waals surface area contributed by atoms with Crippen molar-refractivity contribution in [1.82, 2.24) is 10.2 Å². The summed E-state index contributed by atoms with van der Waals surface area (Å²) in [5.41, 5.74) is 0.107. The maximum absolute atomic E-state index is 14.5. The molecule has 0 aromatic heterocycles. The molecule has 2 aliphatic rings. The summed E-state index contributed by atoms with van der Waals surface area (Å²) in [7, 11) is -4.00. The highest BCUT2D eigenvalue weighted by Crippen LogP contribution is 2.42. The molecule has 0 spiro atoms. The predicted molar refractivity (Wildman–Crippen MR) is 117 cm³/mol. The third-order valence-corrected chi connectivity index (χ3v) is 7.19. The van der Waals surface area contributed by atoms with Crippen molar-refractivity contribution in [3.63, 3.8) is 0 Å². The Morgan fingerprint density at radius 1 is 1.12 bits per heavy atom. The van der Waals surface area contributed by atoms with E-state index < -0.39 is 45.6 Å². The number of nitrogens with two attached hydrogens (primary N) is 1. The van der Waals surface area contributed by atoms with Gasteiger partial charge in [0.1, 0.15) is 17.7 Å². The van der Waals surface area contributed by atoms with E-state index in [0.29, 0.717) is 19.4 Å². The van der Waals surface area contributed by atoms with E-state index in [0.717, 1.165) is 25.0 Å². The fourth-order valence-corrected chi connectivity index (χ4v) is 4.87. The van der Waals surface area contributed by atoms with Crippen LogP contribution in [0.1, 0.15) is 47.6 Å². The first-order valence-electron chi connectivity index (χ1n) is 10.4. The molecule has 2 fully saturated rings. The molecule has 1 saturated carbocycles. The van der Waals surface area contributed by atoms with Crippen molar-refractivity contribution in [2.24, 2.45) is 11.1 Å². The van der Waals surface area contributed by atoms with Gasteiger partial charge in [0, 0.05) is 17.7 Å². The van der Waals surface area contributed by atoms with Crippen molar-refractivity contribution in [3.8, 4) is 0 Å². The number of primary sulfonamides is 1. The molecular formula is C22H22ClF2N3O4S. The molecule has 1 unspecified atom stereocenters. The smallest absolute Gasteiger partial charge is 0.254 e. The first kappa shape index (κ1) is 23.6. The lowest BCUT2D eigenvalue weighted by Crippen LogP contribution is -2.47. The van der Waals surface area contributed by atoms with Gasteiger partial charge in [-0.3, -0.25) is 9.59 Å². The van der Waals surface area contributed by atoms with Crippen LogP contribution in [0, 0.1) is 17.6 Å². The summed E-state index contributed by atoms with van der Waals surface area (Å²) in [5, 5.41) is 7.61. The van der Waals surface area contributed by atoms with Crippen LogP contribution in [0.4, 0.5) is 8.78 Å². The van der Waals surface area contributed by atoms with Crippen LogP contribution in [-0.4, -0.2) is 37.7 Å². The molecule has 33 heavy (non-hydrogen) atoms. The van der Waals surface area contributed by atoms with Crippen LogP contribution < -0.4 is 10.5 Å². The Morgan fingerprint density at radius 2 is 1.85 bits per heavy atom. The summed E-state index contributed by atoms with van der Waals surface area (Å²) >= 11 is 5.65. The number of nitrogens with zero attached hydrogens (tertiary/aromatic N) is 1. The van der Waals surface area contributed by atoms with Gasteiger partial charge in [-0.2, -0.15) is 0 Å². The summed E-state index contributed by atoms with van der Waals surface area (Å²) in [4.78, 5) is 27.4. The quantitative estimate of drug-likeness (QED) is 0.597. The van der Waals surface area contributed by atoms with Crippen molar-refractivity contribution in [3.05, 3.63) is 64.2 Å². The summed E-state index contributed by atoms with van der Waals surface area (Å²) in [6.45, 7) is 0.300. The van der Waals surface area contributed by atoms with E-state index in [2.05, 4.69) is 5.32 Å². The molecule has 2 amide bonds. The van der Waals surface area contributed by atoms with E-state index in [1.54, 1.807) is 0 Å². The van der Waals surface area contributed by atoms with Gasteiger partial charge >= 0.3 is 0 Å². The Bertz CT molecular complexity index is 1220. The third kappa shape index (κ3) is 5.02. The predicted octanol–water partition coefficient (Wildman–Crippen LogP) is 3.14. The van der Waals surface area contributed by atoms with Crippen LogP contribution in [0.2, 0.25) is 5.02 Å². The largest absolute Gasteiger partial charge is 0.347 e. The van der Waals surface area contributed by atoms with E-state index in [4.69, 9.17) is 16.7 Å². The number of likely N-dealkylation sites (tertiary alicyclic amines) is 1. The van der Waals surface area contributed by atoms with Gasteiger partial charge in [-0.05, 0) is 61.9 Å². The maximum atomic E-state index is 14.5. The minimum Gasteiger partial charge on any atom is -0.347 e. The van der Waals surface area contributed by atoms with Crippen molar-refractivity contribution in [2.75, 3.05) is 6.54 Å². The number of hydrogen-bond acceptors (Lipinski definition) is 4. The van der Waals surface area contributed by atoms with Crippen LogP contribution in [0.25, 0.3) is 0 Å². The van der Waals surface area contributed by atoms with Gasteiger partial charge in [0.05, 0.1) is 16.0 Å². The minimum absolute atomic E-state index is 0.0180. The minimum atomic E-state index is -4.00. The third-order valence-electron chi connectivity index (χ3n) is 5.99. The maximum Gasteiger partial charge on any atom is 0.254 e. The van der Waals surface area contributed by atoms with E-state index in [1.165, 1.54) is 29.2 Å². The van der Waals surface area contributed by atoms with Crippen LogP contribution in [0.5, 0.6) is 0 Å². The fourth-order valence-electron chi connectivity index (χ4n) is 4.16. The summed E-state index contributed by atoms with van der Waals surface area (Å²) < 4.78 is 51.8. The van der Waals surface area contributed by atoms with Gasteiger partial charge in [0.2, 0.25) is 15.9 Å². The van der Waals surface area contributed by atoms with Gasteiger partial charge in [0.25, 0.3) is 5.91 Å². The summed E-state index contributed by atoms with van der Waals surface area (Å²) in [6, 6.07) is 5.62. The van der Waals surface area contributed by atoms with Crippen molar-refractivity contribution < 1.29 is 26.8 Å². The van der Waals surface area contributed by atoms with Crippen LogP contribution >= 0.6 is 11.6 Å². The van der Waals surface area contributed by atoms with E-state index in [9.17, 15) is 26.8 Å². The Hall–Kier alpha value is -2.56. The molecule has 2 aromatic carbocycles. The molecule has 1 aliphatic heterocycles. The molecule has 0 bridgehead atoms. The van der Waals surface area contributed by atoms with E-state index in [-0.39, 0.29) is 27.0 Å². The molecule has 7 nitrogen and oxygen atoms in total. The van der Waals surface area contributed by atoms with Gasteiger partial charge < -0.3 is 10.2 Å². The lowest BCUT2D eigenvalue weighted by molar-refractivity contribution is -0.125. The van der Waals surface area contributed by atoms with Crippen molar-refractivity contribution >= 4 is 33.4 Å². The second-order valence-corrected chi connectivity index (χ2v) is 10.3. The fraction of sp³-hybridized carbons (Fsp3) is 0.364. The molecule has 11 heteroatoms. The zero-order chi connectivity index (χ0) is 23.9. The molecule has 3 N–H and O–H groups in total. The highest BCUT2D eigenvalue weighted by molar-refractivity contribution is 7.89. The zero-order valence-electron chi connectivity index (χ0n) is 17.4. The number of halogens is 3. The molecule has 1 saturated heterocycles. The van der Waals surface area contributed by atoms with Crippen molar-refractivity contribution in [1.29, 1.82) is 0 Å². The Morgan fingerprint density at radius 3 is 2.52 bits per heavy atom. The van der Waals surface area contributed by atoms with E-state index >= 15 is 0 Å². The Kier molecular flexibility index (Phi) is 6.43. The number of carbonyl (C=O) groups excluding carboxylic acids is 2. The number of sulfonamides is 1. The number of carbonyl (C=O) groups is 2. The lowest BCUT2D eigenvalue weighted by Gasteiger charge is -2.27. The first-order chi connectivity index (χ1) is 15.6. The topological polar surface area (TPSA) is 110 Å². The van der Waals surface area contributed by atoms with Gasteiger partial charge in [-0.25, -0.2) is 22.3 Å². The molecule has 2 aromatic rings. The standard InChI is InChI=1S/C22H22ClF2N3O4S/c23-16-11-17(24)15(10-18(16)25)20(12-6-7-12)27-21(29)19-5-2-8-28(19)22(30)13-3-1-4-14(9-13)33(26,31)32/h1,3-4,9-12,19-20H,2,5-8H2,(H,27,29)(H2,26,31,32)/t19-,20?/m1/s1. The second-order valence-electron chi connectivity index (χ2n) is 8.34. The Labute approximate surface area is 194 Å². The number of benzene rings is 2. The highest BCUT2D eigenvalue weighted by Gasteiger charge is 2.40. The van der Waals surface area contributed by atoms with Crippen LogP contribution in [0.15, 0.2) is 41.3 Å². The number of hydrogen-bond donors (Lipinski definition) is 2. The molecule has 176 valence electrons. The Balaban J connectivity index is 1.55. The van der Waals surface area contributed by atoms with Crippen molar-refractivity contribution in [2.45, 2.75) is 42.7 Å². The second kappa shape index (κ2) is 9.00. The van der Waals surface area contributed by atoms with Gasteiger partial charge in [0.15, 0.2) is 0 Å². The molecule has 1 heterocycles. The SMILES string of the molecule is NS(=O)(=O)c1cccc(C(=O)N2CCC[C@@H]2C(=O)NC(c2cc(F)c(Cl)cc2F)C2CC2)c1. The average Bonchev–Trinajstić information content (AvgIpc) is 3.49. The van der Waals surface area contributed by atoms with E-state index in [1.807, 2.05) is 0 Å². The number of rotatable bonds is 6. The van der Waals surface area contributed by atoms with Crippen LogP contribution in [-0.2, 0) is 14.8 Å². The summed E-state index contributed by atoms with van der Waals surface area (Å²) in [6.07, 6.45) is 2.46. The lowest BCUT2D eigenvalue weighted by atomic mass is 10.0. The zero-order valence-corrected chi connectivity index (χ0v) is 19.0. The van der Waals surface area contributed by atoms with Crippen LogP contribution in [0.3, 0.4) is 0 Å². The average molecular weight is 498 g/mol. The normalized spacial score (nSPS) is 19.4. The number of nitrogens with one attached hydrogen (secondary N) is 1. The van der Waals surface area contributed by atoms with Gasteiger partial charge in [-0.1, -0.05) is 17.7 Å². The number of amides is 2. The molecule has 1 aliphatic carbocycles. The first-order valence-corrected chi connectivity index (χ1v) is 12.4. The van der Waals surface area contributed by atoms with Gasteiger partial charge in [-0.15, -0.1) is 0 Å². The molecular weight excluding hydrogens is 476 g/mol. The summed E-state index contributed by atoms with van der Waals surface area (Å²) in [5.74, 6) is -2.51.